The fraction of sp³-hybridized carbons (Fsp3) is 0.0714. The van der Waals surface area contributed by atoms with Gasteiger partial charge in [0, 0.05) is 16.1 Å². The van der Waals surface area contributed by atoms with Gasteiger partial charge in [0.1, 0.15) is 4.99 Å². The normalized spacial score (nSPS) is 11.1. The van der Waals surface area contributed by atoms with Crippen LogP contribution in [0.5, 0.6) is 0 Å². The smallest absolute Gasteiger partial charge is 0.262 e. The molecule has 0 atom stereocenters. The number of nitrogens with two attached hydrogens (primary N) is 1. The number of nitrogens with one attached hydrogen (secondary N) is 1. The molecule has 21 heavy (non-hydrogen) atoms. The Morgan fingerprint density at radius 1 is 1.19 bits per heavy atom. The molecule has 0 bridgehead atoms. The summed E-state index contributed by atoms with van der Waals surface area (Å²) in [6.45, 7) is 0. The van der Waals surface area contributed by atoms with Crippen molar-refractivity contribution in [2.75, 3.05) is 11.0 Å². The molecule has 4 nitrogen and oxygen atoms in total. The van der Waals surface area contributed by atoms with Gasteiger partial charge in [-0.2, -0.15) is 0 Å². The molecule has 110 valence electrons. The first-order valence-electron chi connectivity index (χ1n) is 6.00. The van der Waals surface area contributed by atoms with Crippen LogP contribution >= 0.6 is 24.0 Å². The Bertz CT molecular complexity index is 773. The van der Waals surface area contributed by atoms with Crippen LogP contribution in [-0.2, 0) is 10.0 Å². The summed E-state index contributed by atoms with van der Waals surface area (Å²) in [6, 6.07) is 13.6. The molecule has 0 aliphatic heterocycles. The molecule has 2 aromatic rings. The van der Waals surface area contributed by atoms with E-state index in [0.717, 1.165) is 4.90 Å². The molecule has 7 heteroatoms. The van der Waals surface area contributed by atoms with E-state index >= 15 is 0 Å². The highest BCUT2D eigenvalue weighted by Crippen LogP contribution is 2.23. The van der Waals surface area contributed by atoms with Crippen LogP contribution in [0.3, 0.4) is 0 Å². The molecule has 0 radical (unpaired) electrons. The summed E-state index contributed by atoms with van der Waals surface area (Å²) in [5.74, 6) is 0. The van der Waals surface area contributed by atoms with Gasteiger partial charge in [-0.3, -0.25) is 4.72 Å². The molecule has 0 aromatic heterocycles. The Hall–Kier alpha value is -1.57. The molecular weight excluding hydrogens is 324 g/mol. The summed E-state index contributed by atoms with van der Waals surface area (Å²) in [5.41, 5.74) is 6.42. The van der Waals surface area contributed by atoms with Gasteiger partial charge in [0.2, 0.25) is 0 Å². The van der Waals surface area contributed by atoms with E-state index in [9.17, 15) is 8.42 Å². The van der Waals surface area contributed by atoms with Crippen molar-refractivity contribution in [1.82, 2.24) is 0 Å². The minimum atomic E-state index is -3.74. The lowest BCUT2D eigenvalue weighted by molar-refractivity contribution is 0.601. The lowest BCUT2D eigenvalue weighted by Gasteiger charge is -2.12. The summed E-state index contributed by atoms with van der Waals surface area (Å²) in [4.78, 5) is 1.10. The first-order chi connectivity index (χ1) is 9.94. The third kappa shape index (κ3) is 3.75. The van der Waals surface area contributed by atoms with Gasteiger partial charge in [-0.15, -0.1) is 11.8 Å². The van der Waals surface area contributed by atoms with Crippen molar-refractivity contribution in [2.24, 2.45) is 5.73 Å². The quantitative estimate of drug-likeness (QED) is 0.648. The van der Waals surface area contributed by atoms with Crippen molar-refractivity contribution in [3.8, 4) is 0 Å². The number of thiocarbonyl (C=S) groups is 1. The van der Waals surface area contributed by atoms with Gasteiger partial charge in [-0.25, -0.2) is 8.42 Å². The molecular formula is C14H14N2O2S3. The minimum Gasteiger partial charge on any atom is -0.389 e. The lowest BCUT2D eigenvalue weighted by Crippen LogP contribution is -2.19. The standard InChI is InChI=1S/C14H14N2O2S3/c1-20-11-6-4-5-10(9-11)16-21(17,18)13-8-3-2-7-12(13)14(15)19/h2-9,16H,1H3,(H2,15,19). The molecule has 3 N–H and O–H groups in total. The van der Waals surface area contributed by atoms with E-state index in [4.69, 9.17) is 18.0 Å². The van der Waals surface area contributed by atoms with Crippen molar-refractivity contribution in [2.45, 2.75) is 9.79 Å². The number of sulfonamides is 1. The fourth-order valence-corrected chi connectivity index (χ4v) is 3.78. The van der Waals surface area contributed by atoms with Crippen LogP contribution in [0, 0.1) is 0 Å². The van der Waals surface area contributed by atoms with E-state index in [0.29, 0.717) is 11.3 Å². The topological polar surface area (TPSA) is 72.2 Å². The molecule has 2 aromatic carbocycles. The number of benzene rings is 2. The van der Waals surface area contributed by atoms with Crippen LogP contribution in [0.15, 0.2) is 58.3 Å². The van der Waals surface area contributed by atoms with Crippen molar-refractivity contribution < 1.29 is 8.42 Å². The average molecular weight is 338 g/mol. The Kier molecular flexibility index (Phi) is 4.87. The molecule has 2 rings (SSSR count). The summed E-state index contributed by atoms with van der Waals surface area (Å²) in [7, 11) is -3.74. The predicted octanol–water partition coefficient (Wildman–Crippen LogP) is 2.84. The molecule has 0 unspecified atom stereocenters. The second kappa shape index (κ2) is 6.46. The van der Waals surface area contributed by atoms with Gasteiger partial charge in [0.25, 0.3) is 10.0 Å². The summed E-state index contributed by atoms with van der Waals surface area (Å²) < 4.78 is 27.5. The van der Waals surface area contributed by atoms with E-state index in [2.05, 4.69) is 4.72 Å². The van der Waals surface area contributed by atoms with Crippen LogP contribution in [0.1, 0.15) is 5.56 Å². The second-order valence-corrected chi connectivity index (χ2v) is 7.17. The highest BCUT2D eigenvalue weighted by Gasteiger charge is 2.19. The number of thioether (sulfide) groups is 1. The van der Waals surface area contributed by atoms with Crippen LogP contribution in [0.4, 0.5) is 5.69 Å². The zero-order valence-corrected chi connectivity index (χ0v) is 13.7. The summed E-state index contributed by atoms with van der Waals surface area (Å²) in [5, 5.41) is 0. The highest BCUT2D eigenvalue weighted by atomic mass is 32.2. The van der Waals surface area contributed by atoms with E-state index in [-0.39, 0.29) is 9.88 Å². The maximum Gasteiger partial charge on any atom is 0.262 e. The zero-order valence-electron chi connectivity index (χ0n) is 11.2. The molecule has 0 saturated carbocycles. The molecule has 0 aliphatic carbocycles. The number of rotatable bonds is 5. The van der Waals surface area contributed by atoms with E-state index < -0.39 is 10.0 Å². The maximum atomic E-state index is 12.5. The Balaban J connectivity index is 2.41. The SMILES string of the molecule is CSc1cccc(NS(=O)(=O)c2ccccc2C(N)=S)c1. The van der Waals surface area contributed by atoms with Crippen LogP contribution in [-0.4, -0.2) is 19.7 Å². The van der Waals surface area contributed by atoms with Crippen molar-refractivity contribution >= 4 is 44.7 Å². The van der Waals surface area contributed by atoms with Gasteiger partial charge < -0.3 is 5.73 Å². The van der Waals surface area contributed by atoms with Gasteiger partial charge in [-0.1, -0.05) is 36.5 Å². The maximum absolute atomic E-state index is 12.5. The third-order valence-electron chi connectivity index (χ3n) is 2.76. The summed E-state index contributed by atoms with van der Waals surface area (Å²) >= 11 is 6.44. The first-order valence-corrected chi connectivity index (χ1v) is 9.11. The van der Waals surface area contributed by atoms with E-state index in [1.165, 1.54) is 17.8 Å². The predicted molar refractivity (Wildman–Crippen MR) is 91.4 cm³/mol. The monoisotopic (exact) mass is 338 g/mol. The zero-order chi connectivity index (χ0) is 15.5. The Labute approximate surface area is 133 Å². The molecule has 0 saturated heterocycles. The minimum absolute atomic E-state index is 0.0499. The lowest BCUT2D eigenvalue weighted by atomic mass is 10.2. The Morgan fingerprint density at radius 3 is 2.57 bits per heavy atom. The fourth-order valence-electron chi connectivity index (χ4n) is 1.80. The summed E-state index contributed by atoms with van der Waals surface area (Å²) in [6.07, 6.45) is 1.93. The van der Waals surface area contributed by atoms with Crippen molar-refractivity contribution in [3.63, 3.8) is 0 Å². The van der Waals surface area contributed by atoms with Crippen molar-refractivity contribution in [3.05, 3.63) is 54.1 Å². The van der Waals surface area contributed by atoms with E-state index in [1.807, 2.05) is 12.3 Å². The van der Waals surface area contributed by atoms with E-state index in [1.54, 1.807) is 36.4 Å². The third-order valence-corrected chi connectivity index (χ3v) is 5.15. The number of anilines is 1. The van der Waals surface area contributed by atoms with Crippen LogP contribution < -0.4 is 10.5 Å². The van der Waals surface area contributed by atoms with Crippen LogP contribution in [0.2, 0.25) is 0 Å². The van der Waals surface area contributed by atoms with Gasteiger partial charge in [0.05, 0.1) is 4.90 Å². The number of hydrogen-bond donors (Lipinski definition) is 2. The molecule has 0 spiro atoms. The molecule has 0 heterocycles. The van der Waals surface area contributed by atoms with Gasteiger partial charge in [0.15, 0.2) is 0 Å². The molecule has 0 amide bonds. The molecule has 0 aliphatic rings. The first kappa shape index (κ1) is 15.8. The number of hydrogen-bond acceptors (Lipinski definition) is 4. The van der Waals surface area contributed by atoms with Crippen molar-refractivity contribution in [1.29, 1.82) is 0 Å². The highest BCUT2D eigenvalue weighted by molar-refractivity contribution is 7.98. The molecule has 0 fully saturated rings. The van der Waals surface area contributed by atoms with Gasteiger partial charge >= 0.3 is 0 Å². The second-order valence-electron chi connectivity index (χ2n) is 4.20. The Morgan fingerprint density at radius 2 is 1.90 bits per heavy atom. The average Bonchev–Trinajstić information content (AvgIpc) is 2.47. The van der Waals surface area contributed by atoms with Gasteiger partial charge in [-0.05, 0) is 30.5 Å². The largest absolute Gasteiger partial charge is 0.389 e. The van der Waals surface area contributed by atoms with Crippen LogP contribution in [0.25, 0.3) is 0 Å².